The van der Waals surface area contributed by atoms with E-state index < -0.39 is 17.0 Å². The van der Waals surface area contributed by atoms with E-state index in [1.54, 1.807) is 13.8 Å². The van der Waals surface area contributed by atoms with Gasteiger partial charge in [-0.2, -0.15) is 0 Å². The van der Waals surface area contributed by atoms with Gasteiger partial charge >= 0.3 is 5.97 Å². The minimum Gasteiger partial charge on any atom is -0.480 e. The van der Waals surface area contributed by atoms with Crippen molar-refractivity contribution in [2.75, 3.05) is 32.7 Å². The summed E-state index contributed by atoms with van der Waals surface area (Å²) in [5.74, 6) is -1.11. The third-order valence-corrected chi connectivity index (χ3v) is 4.19. The lowest BCUT2D eigenvalue weighted by atomic mass is 9.94. The van der Waals surface area contributed by atoms with Gasteiger partial charge in [0.25, 0.3) is 0 Å². The first-order valence-electron chi connectivity index (χ1n) is 7.17. The molecule has 1 amide bonds. The van der Waals surface area contributed by atoms with Crippen molar-refractivity contribution in [1.29, 1.82) is 0 Å². The molecule has 116 valence electrons. The molecule has 1 aliphatic rings. The smallest absolute Gasteiger partial charge is 0.329 e. The predicted octanol–water partition coefficient (Wildman–Crippen LogP) is 0.382. The molecule has 20 heavy (non-hydrogen) atoms. The van der Waals surface area contributed by atoms with Crippen LogP contribution in [-0.4, -0.2) is 70.6 Å². The summed E-state index contributed by atoms with van der Waals surface area (Å²) < 4.78 is 0. The highest BCUT2D eigenvalue weighted by atomic mass is 16.4. The second-order valence-electron chi connectivity index (χ2n) is 6.21. The van der Waals surface area contributed by atoms with Gasteiger partial charge in [0.1, 0.15) is 5.54 Å². The molecule has 1 rings (SSSR count). The van der Waals surface area contributed by atoms with Crippen molar-refractivity contribution in [2.45, 2.75) is 45.7 Å². The minimum atomic E-state index is -1.20. The monoisotopic (exact) mass is 285 g/mol. The highest BCUT2D eigenvalue weighted by Crippen LogP contribution is 2.24. The van der Waals surface area contributed by atoms with Crippen LogP contribution in [-0.2, 0) is 9.59 Å². The van der Waals surface area contributed by atoms with Crippen LogP contribution in [0.4, 0.5) is 0 Å². The molecule has 0 bridgehead atoms. The van der Waals surface area contributed by atoms with Crippen molar-refractivity contribution in [1.82, 2.24) is 15.1 Å². The highest BCUT2D eigenvalue weighted by Gasteiger charge is 2.45. The summed E-state index contributed by atoms with van der Waals surface area (Å²) >= 11 is 0. The molecule has 2 N–H and O–H groups in total. The van der Waals surface area contributed by atoms with Crippen LogP contribution >= 0.6 is 0 Å². The van der Waals surface area contributed by atoms with Crippen LogP contribution in [0.3, 0.4) is 0 Å². The van der Waals surface area contributed by atoms with Crippen LogP contribution in [0.5, 0.6) is 0 Å². The van der Waals surface area contributed by atoms with E-state index in [4.69, 9.17) is 0 Å². The lowest BCUT2D eigenvalue weighted by molar-refractivity contribution is -0.162. The number of carboxylic acid groups (broad SMARTS) is 1. The third-order valence-electron chi connectivity index (χ3n) is 4.19. The standard InChI is InChI=1S/C14H27N3O3/c1-6-17(14(4,5)12(19)20)11(18)13(2,3)16-9-7-15-8-10-16/h15H,6-10H2,1-5H3,(H,19,20). The van der Waals surface area contributed by atoms with E-state index in [1.807, 2.05) is 20.8 Å². The number of carbonyl (C=O) groups excluding carboxylic acids is 1. The van der Waals surface area contributed by atoms with Gasteiger partial charge in [-0.15, -0.1) is 0 Å². The molecule has 1 saturated heterocycles. The van der Waals surface area contributed by atoms with Gasteiger partial charge < -0.3 is 15.3 Å². The summed E-state index contributed by atoms with van der Waals surface area (Å²) in [6.07, 6.45) is 0. The van der Waals surface area contributed by atoms with Gasteiger partial charge in [0.15, 0.2) is 0 Å². The fourth-order valence-electron chi connectivity index (χ4n) is 2.60. The number of carboxylic acids is 1. The van der Waals surface area contributed by atoms with Gasteiger partial charge in [0.05, 0.1) is 5.54 Å². The predicted molar refractivity (Wildman–Crippen MR) is 77.6 cm³/mol. The van der Waals surface area contributed by atoms with E-state index in [2.05, 4.69) is 10.2 Å². The van der Waals surface area contributed by atoms with E-state index in [0.717, 1.165) is 26.2 Å². The summed E-state index contributed by atoms with van der Waals surface area (Å²) in [5.41, 5.74) is -1.89. The number of hydrogen-bond donors (Lipinski definition) is 2. The van der Waals surface area contributed by atoms with Crippen LogP contribution < -0.4 is 5.32 Å². The maximum absolute atomic E-state index is 12.8. The molecule has 6 nitrogen and oxygen atoms in total. The zero-order chi connectivity index (χ0) is 15.6. The van der Waals surface area contributed by atoms with Gasteiger partial charge in [-0.3, -0.25) is 9.69 Å². The molecule has 1 fully saturated rings. The Kier molecular flexibility index (Phi) is 5.15. The zero-order valence-electron chi connectivity index (χ0n) is 13.2. The molecular weight excluding hydrogens is 258 g/mol. The number of piperazine rings is 1. The molecule has 0 aliphatic carbocycles. The molecule has 0 saturated carbocycles. The Labute approximate surface area is 121 Å². The van der Waals surface area contributed by atoms with Crippen LogP contribution in [0.1, 0.15) is 34.6 Å². The lowest BCUT2D eigenvalue weighted by Crippen LogP contribution is -2.64. The summed E-state index contributed by atoms with van der Waals surface area (Å²) in [4.78, 5) is 27.8. The van der Waals surface area contributed by atoms with Crippen molar-refractivity contribution < 1.29 is 14.7 Å². The molecule has 0 aromatic rings. The van der Waals surface area contributed by atoms with Crippen LogP contribution in [0.25, 0.3) is 0 Å². The Morgan fingerprint density at radius 3 is 2.10 bits per heavy atom. The normalized spacial score (nSPS) is 17.9. The van der Waals surface area contributed by atoms with E-state index in [1.165, 1.54) is 4.90 Å². The Balaban J connectivity index is 2.97. The average Bonchev–Trinajstić information content (AvgIpc) is 2.39. The second kappa shape index (κ2) is 6.10. The van der Waals surface area contributed by atoms with E-state index in [-0.39, 0.29) is 5.91 Å². The molecule has 0 unspecified atom stereocenters. The van der Waals surface area contributed by atoms with Crippen molar-refractivity contribution in [3.8, 4) is 0 Å². The quantitative estimate of drug-likeness (QED) is 0.764. The van der Waals surface area contributed by atoms with Crippen molar-refractivity contribution in [2.24, 2.45) is 0 Å². The molecule has 0 atom stereocenters. The number of hydrogen-bond acceptors (Lipinski definition) is 4. The maximum Gasteiger partial charge on any atom is 0.329 e. The third kappa shape index (κ3) is 3.12. The van der Waals surface area contributed by atoms with Crippen LogP contribution in [0.15, 0.2) is 0 Å². The average molecular weight is 285 g/mol. The Hall–Kier alpha value is -1.14. The van der Waals surface area contributed by atoms with Gasteiger partial charge in [0, 0.05) is 32.7 Å². The summed E-state index contributed by atoms with van der Waals surface area (Å²) in [6.45, 7) is 12.4. The minimum absolute atomic E-state index is 0.130. The summed E-state index contributed by atoms with van der Waals surface area (Å²) in [5, 5.41) is 12.6. The Bertz CT molecular complexity index is 374. The number of nitrogens with zero attached hydrogens (tertiary/aromatic N) is 2. The van der Waals surface area contributed by atoms with Crippen LogP contribution in [0, 0.1) is 0 Å². The van der Waals surface area contributed by atoms with E-state index in [9.17, 15) is 14.7 Å². The molecule has 1 aliphatic heterocycles. The Morgan fingerprint density at radius 2 is 1.70 bits per heavy atom. The van der Waals surface area contributed by atoms with Gasteiger partial charge in [-0.1, -0.05) is 0 Å². The first kappa shape index (κ1) is 16.9. The second-order valence-corrected chi connectivity index (χ2v) is 6.21. The van der Waals surface area contributed by atoms with Crippen molar-refractivity contribution in [3.05, 3.63) is 0 Å². The summed E-state index contributed by atoms with van der Waals surface area (Å²) in [7, 11) is 0. The number of amides is 1. The van der Waals surface area contributed by atoms with Gasteiger partial charge in [-0.25, -0.2) is 4.79 Å². The van der Waals surface area contributed by atoms with Crippen molar-refractivity contribution >= 4 is 11.9 Å². The molecule has 0 radical (unpaired) electrons. The first-order valence-corrected chi connectivity index (χ1v) is 7.17. The lowest BCUT2D eigenvalue weighted by Gasteiger charge is -2.45. The molecule has 0 aromatic carbocycles. The zero-order valence-corrected chi connectivity index (χ0v) is 13.2. The number of rotatable bonds is 5. The first-order chi connectivity index (χ1) is 9.15. The molecular formula is C14H27N3O3. The fraction of sp³-hybridized carbons (Fsp3) is 0.857. The fourth-order valence-corrected chi connectivity index (χ4v) is 2.60. The number of carbonyl (C=O) groups is 2. The van der Waals surface area contributed by atoms with E-state index >= 15 is 0 Å². The molecule has 1 heterocycles. The largest absolute Gasteiger partial charge is 0.480 e. The van der Waals surface area contributed by atoms with Crippen molar-refractivity contribution in [3.63, 3.8) is 0 Å². The van der Waals surface area contributed by atoms with Crippen LogP contribution in [0.2, 0.25) is 0 Å². The maximum atomic E-state index is 12.8. The molecule has 0 spiro atoms. The summed E-state index contributed by atoms with van der Waals surface area (Å²) in [6, 6.07) is 0. The Morgan fingerprint density at radius 1 is 1.20 bits per heavy atom. The molecule has 6 heteroatoms. The molecule has 0 aromatic heterocycles. The number of likely N-dealkylation sites (N-methyl/N-ethyl adjacent to an activating group) is 1. The number of aliphatic carboxylic acids is 1. The topological polar surface area (TPSA) is 72.9 Å². The number of nitrogens with one attached hydrogen (secondary N) is 1. The SMILES string of the molecule is CCN(C(=O)C(C)(C)N1CCNCC1)C(C)(C)C(=O)O. The van der Waals surface area contributed by atoms with Gasteiger partial charge in [-0.05, 0) is 34.6 Å². The highest BCUT2D eigenvalue weighted by molar-refractivity contribution is 5.91. The van der Waals surface area contributed by atoms with Gasteiger partial charge in [0.2, 0.25) is 5.91 Å². The van der Waals surface area contributed by atoms with E-state index in [0.29, 0.717) is 6.54 Å².